The Balaban J connectivity index is 1.70. The van der Waals surface area contributed by atoms with Crippen LogP contribution in [0, 0.1) is 6.92 Å². The van der Waals surface area contributed by atoms with E-state index in [1.807, 2.05) is 17.9 Å². The summed E-state index contributed by atoms with van der Waals surface area (Å²) in [7, 11) is 0. The van der Waals surface area contributed by atoms with E-state index in [1.54, 1.807) is 24.8 Å². The molecule has 1 amide bonds. The highest BCUT2D eigenvalue weighted by Crippen LogP contribution is 2.29. The van der Waals surface area contributed by atoms with Crippen LogP contribution in [-0.4, -0.2) is 42.1 Å². The number of amides is 1. The summed E-state index contributed by atoms with van der Waals surface area (Å²) in [6.45, 7) is 6.19. The number of hydrogen-bond donors (Lipinski definition) is 1. The van der Waals surface area contributed by atoms with Crippen LogP contribution in [0.2, 0.25) is 0 Å². The minimum absolute atomic E-state index is 0.0230. The van der Waals surface area contributed by atoms with Crippen LogP contribution >= 0.6 is 0 Å². The molecule has 1 aliphatic rings. The fraction of sp³-hybridized carbons (Fsp3) is 0.368. The maximum absolute atomic E-state index is 13.0. The second-order valence-corrected chi connectivity index (χ2v) is 6.60. The van der Waals surface area contributed by atoms with E-state index in [2.05, 4.69) is 26.6 Å². The molecule has 0 saturated heterocycles. The lowest BCUT2D eigenvalue weighted by Crippen LogP contribution is -2.36. The highest BCUT2D eigenvalue weighted by Gasteiger charge is 2.29. The van der Waals surface area contributed by atoms with Crippen molar-refractivity contribution in [2.45, 2.75) is 39.8 Å². The van der Waals surface area contributed by atoms with Crippen LogP contribution in [0.25, 0.3) is 11.5 Å². The average Bonchev–Trinajstić information content (AvgIpc) is 3.30. The zero-order valence-corrected chi connectivity index (χ0v) is 15.1. The first-order valence-electron chi connectivity index (χ1n) is 8.97. The molecular formula is C19H22N6O. The number of nitrogens with zero attached hydrogens (tertiary/aromatic N) is 5. The number of carbonyl (C=O) groups is 1. The number of fused-ring (bicyclic) bond motifs is 1. The van der Waals surface area contributed by atoms with Gasteiger partial charge in [-0.05, 0) is 25.0 Å². The van der Waals surface area contributed by atoms with Gasteiger partial charge in [-0.1, -0.05) is 6.92 Å². The van der Waals surface area contributed by atoms with Crippen molar-refractivity contribution >= 4 is 5.91 Å². The molecule has 0 atom stereocenters. The molecule has 1 aliphatic heterocycles. The molecule has 0 bridgehead atoms. The van der Waals surface area contributed by atoms with Crippen molar-refractivity contribution in [2.24, 2.45) is 0 Å². The van der Waals surface area contributed by atoms with Gasteiger partial charge in [0.1, 0.15) is 5.69 Å². The minimum atomic E-state index is 0.0230. The van der Waals surface area contributed by atoms with E-state index in [4.69, 9.17) is 5.10 Å². The number of H-pyrrole nitrogens is 1. The minimum Gasteiger partial charge on any atom is -0.343 e. The summed E-state index contributed by atoms with van der Waals surface area (Å²) in [5.74, 6) is 0.776. The fourth-order valence-corrected chi connectivity index (χ4v) is 3.50. The Labute approximate surface area is 152 Å². The third-order valence-electron chi connectivity index (χ3n) is 4.85. The summed E-state index contributed by atoms with van der Waals surface area (Å²) in [6, 6.07) is 1.87. The molecular weight excluding hydrogens is 328 g/mol. The number of aromatic amines is 1. The molecule has 0 saturated carbocycles. The first kappa shape index (κ1) is 16.5. The number of rotatable bonds is 4. The molecule has 0 spiro atoms. The van der Waals surface area contributed by atoms with E-state index >= 15 is 0 Å². The average molecular weight is 350 g/mol. The quantitative estimate of drug-likeness (QED) is 0.784. The zero-order valence-electron chi connectivity index (χ0n) is 15.1. The van der Waals surface area contributed by atoms with Crippen LogP contribution in [0.5, 0.6) is 0 Å². The van der Waals surface area contributed by atoms with E-state index in [0.717, 1.165) is 42.0 Å². The number of nitrogens with one attached hydrogen (secondary N) is 1. The summed E-state index contributed by atoms with van der Waals surface area (Å²) in [6.07, 6.45) is 8.71. The van der Waals surface area contributed by atoms with Crippen molar-refractivity contribution in [3.63, 3.8) is 0 Å². The molecule has 0 aliphatic carbocycles. The first-order valence-corrected chi connectivity index (χ1v) is 8.97. The Morgan fingerprint density at radius 2 is 2.23 bits per heavy atom. The Hall–Kier alpha value is -2.96. The smallest absolute Gasteiger partial charge is 0.256 e. The molecule has 3 aromatic rings. The summed E-state index contributed by atoms with van der Waals surface area (Å²) in [4.78, 5) is 26.5. The van der Waals surface area contributed by atoms with Gasteiger partial charge in [-0.15, -0.1) is 0 Å². The van der Waals surface area contributed by atoms with E-state index in [9.17, 15) is 4.79 Å². The standard InChI is InChI=1S/C19H22N6O/c1-3-9-25-16-5-10-24(19(26)14-11-20-6-4-13(14)2)12-15(16)17(23-25)18-21-7-8-22-18/h4,6-8,11H,3,5,9-10,12H2,1-2H3,(H,21,22). The second kappa shape index (κ2) is 6.74. The lowest BCUT2D eigenvalue weighted by atomic mass is 10.0. The molecule has 0 aromatic carbocycles. The number of hydrogen-bond acceptors (Lipinski definition) is 4. The van der Waals surface area contributed by atoms with Crippen LogP contribution in [0.15, 0.2) is 30.9 Å². The van der Waals surface area contributed by atoms with E-state index in [0.29, 0.717) is 18.7 Å². The van der Waals surface area contributed by atoms with Gasteiger partial charge in [0.25, 0.3) is 5.91 Å². The number of aromatic nitrogens is 5. The lowest BCUT2D eigenvalue weighted by molar-refractivity contribution is 0.0732. The van der Waals surface area contributed by atoms with Gasteiger partial charge in [-0.3, -0.25) is 14.5 Å². The molecule has 134 valence electrons. The van der Waals surface area contributed by atoms with Gasteiger partial charge in [0.15, 0.2) is 5.82 Å². The van der Waals surface area contributed by atoms with Gasteiger partial charge in [-0.2, -0.15) is 5.10 Å². The van der Waals surface area contributed by atoms with Gasteiger partial charge in [0.2, 0.25) is 0 Å². The monoisotopic (exact) mass is 350 g/mol. The Morgan fingerprint density at radius 1 is 1.35 bits per heavy atom. The van der Waals surface area contributed by atoms with Crippen LogP contribution in [0.4, 0.5) is 0 Å². The normalized spacial score (nSPS) is 13.7. The highest BCUT2D eigenvalue weighted by molar-refractivity contribution is 5.95. The van der Waals surface area contributed by atoms with Crippen LogP contribution in [0.1, 0.15) is 40.5 Å². The summed E-state index contributed by atoms with van der Waals surface area (Å²) >= 11 is 0. The maximum Gasteiger partial charge on any atom is 0.256 e. The highest BCUT2D eigenvalue weighted by atomic mass is 16.2. The molecule has 0 radical (unpaired) electrons. The SMILES string of the molecule is CCCn1nc(-c2ncc[nH]2)c2c1CCN(C(=O)c1cnccc1C)C2. The Morgan fingerprint density at radius 3 is 2.96 bits per heavy atom. The lowest BCUT2D eigenvalue weighted by Gasteiger charge is -2.28. The van der Waals surface area contributed by atoms with Gasteiger partial charge >= 0.3 is 0 Å². The molecule has 26 heavy (non-hydrogen) atoms. The molecule has 1 N–H and O–H groups in total. The van der Waals surface area contributed by atoms with Crippen LogP contribution < -0.4 is 0 Å². The van der Waals surface area contributed by atoms with Crippen molar-refractivity contribution in [3.8, 4) is 11.5 Å². The predicted octanol–water partition coefficient (Wildman–Crippen LogP) is 2.59. The number of aryl methyl sites for hydroxylation is 2. The first-order chi connectivity index (χ1) is 12.7. The molecule has 7 nitrogen and oxygen atoms in total. The van der Waals surface area contributed by atoms with Gasteiger partial charge < -0.3 is 9.88 Å². The van der Waals surface area contributed by atoms with Crippen LogP contribution in [-0.2, 0) is 19.5 Å². The van der Waals surface area contributed by atoms with Crippen molar-refractivity contribution in [3.05, 3.63) is 53.2 Å². The van der Waals surface area contributed by atoms with Crippen LogP contribution in [0.3, 0.4) is 0 Å². The fourth-order valence-electron chi connectivity index (χ4n) is 3.50. The molecule has 4 heterocycles. The molecule has 7 heteroatoms. The topological polar surface area (TPSA) is 79.7 Å². The second-order valence-electron chi connectivity index (χ2n) is 6.60. The molecule has 0 fully saturated rings. The van der Waals surface area contributed by atoms with E-state index in [-0.39, 0.29) is 5.91 Å². The molecule has 4 rings (SSSR count). The van der Waals surface area contributed by atoms with Crippen molar-refractivity contribution < 1.29 is 4.79 Å². The Bertz CT molecular complexity index is 928. The maximum atomic E-state index is 13.0. The summed E-state index contributed by atoms with van der Waals surface area (Å²) in [5, 5.41) is 4.78. The van der Waals surface area contributed by atoms with Gasteiger partial charge in [0, 0.05) is 55.6 Å². The van der Waals surface area contributed by atoms with Crippen molar-refractivity contribution in [1.82, 2.24) is 29.6 Å². The van der Waals surface area contributed by atoms with Crippen molar-refractivity contribution in [1.29, 1.82) is 0 Å². The third-order valence-corrected chi connectivity index (χ3v) is 4.85. The van der Waals surface area contributed by atoms with Crippen molar-refractivity contribution in [2.75, 3.05) is 6.54 Å². The van der Waals surface area contributed by atoms with Gasteiger partial charge in [0.05, 0.1) is 12.1 Å². The Kier molecular flexibility index (Phi) is 4.28. The third kappa shape index (κ3) is 2.79. The summed E-state index contributed by atoms with van der Waals surface area (Å²) < 4.78 is 2.07. The molecule has 3 aromatic heterocycles. The van der Waals surface area contributed by atoms with E-state index < -0.39 is 0 Å². The zero-order chi connectivity index (χ0) is 18.1. The molecule has 0 unspecified atom stereocenters. The number of carbonyl (C=O) groups excluding carboxylic acids is 1. The van der Waals surface area contributed by atoms with Gasteiger partial charge in [-0.25, -0.2) is 4.98 Å². The number of pyridine rings is 1. The number of imidazole rings is 1. The van der Waals surface area contributed by atoms with E-state index in [1.165, 1.54) is 5.69 Å². The largest absolute Gasteiger partial charge is 0.343 e. The summed E-state index contributed by atoms with van der Waals surface area (Å²) in [5.41, 5.74) is 4.76. The predicted molar refractivity (Wildman–Crippen MR) is 97.5 cm³/mol.